The van der Waals surface area contributed by atoms with Gasteiger partial charge in [0.2, 0.25) is 0 Å². The molecule has 0 saturated carbocycles. The van der Waals surface area contributed by atoms with Crippen LogP contribution in [-0.2, 0) is 0 Å². The molecule has 1 saturated heterocycles. The zero-order valence-electron chi connectivity index (χ0n) is 17.4. The maximum Gasteiger partial charge on any atom is 0.256 e. The molecule has 1 aliphatic heterocycles. The normalized spacial score (nSPS) is 14.5. The van der Waals surface area contributed by atoms with Crippen LogP contribution in [0.2, 0.25) is 0 Å². The second-order valence-corrected chi connectivity index (χ2v) is 8.42. The molecule has 1 aromatic carbocycles. The number of H-pyrrole nitrogens is 1. The Morgan fingerprint density at radius 3 is 2.60 bits per heavy atom. The van der Waals surface area contributed by atoms with Gasteiger partial charge in [-0.05, 0) is 51.1 Å². The van der Waals surface area contributed by atoms with Crippen LogP contribution in [0, 0.1) is 5.82 Å². The predicted octanol–water partition coefficient (Wildman–Crippen LogP) is 4.30. The Hall–Kier alpha value is -2.80. The van der Waals surface area contributed by atoms with Crippen molar-refractivity contribution in [2.45, 2.75) is 26.3 Å². The highest BCUT2D eigenvalue weighted by molar-refractivity contribution is 6.06. The van der Waals surface area contributed by atoms with Crippen molar-refractivity contribution in [1.29, 1.82) is 0 Å². The van der Waals surface area contributed by atoms with E-state index in [1.165, 1.54) is 12.1 Å². The van der Waals surface area contributed by atoms with Crippen LogP contribution in [0.25, 0.3) is 10.9 Å². The highest BCUT2D eigenvalue weighted by atomic mass is 35.5. The summed E-state index contributed by atoms with van der Waals surface area (Å²) in [5.41, 5.74) is 2.20. The first-order chi connectivity index (χ1) is 13.8. The van der Waals surface area contributed by atoms with Crippen LogP contribution < -0.4 is 10.2 Å². The Kier molecular flexibility index (Phi) is 6.22. The number of fused-ring (bicyclic) bond motifs is 1. The molecule has 6 nitrogen and oxygen atoms in total. The third kappa shape index (κ3) is 4.51. The summed E-state index contributed by atoms with van der Waals surface area (Å²) >= 11 is 0. The van der Waals surface area contributed by atoms with Crippen molar-refractivity contribution in [2.75, 3.05) is 36.4 Å². The summed E-state index contributed by atoms with van der Waals surface area (Å²) < 4.78 is 13.6. The number of hydrogen-bond donors (Lipinski definition) is 2. The van der Waals surface area contributed by atoms with E-state index in [2.05, 4.69) is 41.0 Å². The number of carbonyl (C=O) groups excluding carboxylic acids is 1. The van der Waals surface area contributed by atoms with E-state index in [-0.39, 0.29) is 29.7 Å². The minimum absolute atomic E-state index is 0. The third-order valence-corrected chi connectivity index (χ3v) is 5.04. The fourth-order valence-corrected chi connectivity index (χ4v) is 3.71. The quantitative estimate of drug-likeness (QED) is 0.649. The molecule has 1 amide bonds. The fourth-order valence-electron chi connectivity index (χ4n) is 3.71. The van der Waals surface area contributed by atoms with Gasteiger partial charge in [0.15, 0.2) is 5.82 Å². The molecule has 160 valence electrons. The number of benzene rings is 1. The lowest BCUT2D eigenvalue weighted by molar-refractivity contribution is 0.0748. The average Bonchev–Trinajstić information content (AvgIpc) is 3.10. The zero-order valence-corrected chi connectivity index (χ0v) is 18.2. The highest BCUT2D eigenvalue weighted by Gasteiger charge is 2.26. The standard InChI is InChI=1S/C22H26FN5O.ClH/c1-22(2,3)26-19-5-4-8-24-20(19)27-9-11-28(12-10-27)21(29)17-14-25-18-7-6-15(23)13-16(17)18;/h4-8,13-14,25-26H,9-12H2,1-3H3;1H. The molecule has 0 atom stereocenters. The maximum atomic E-state index is 13.6. The SMILES string of the molecule is CC(C)(C)Nc1cccnc1N1CCN(C(=O)c2c[nH]c3ccc(F)cc23)CC1.Cl. The van der Waals surface area contributed by atoms with Crippen LogP contribution in [0.15, 0.2) is 42.7 Å². The highest BCUT2D eigenvalue weighted by Crippen LogP contribution is 2.27. The molecule has 0 aliphatic carbocycles. The van der Waals surface area contributed by atoms with Crippen molar-refractivity contribution in [3.63, 3.8) is 0 Å². The third-order valence-electron chi connectivity index (χ3n) is 5.04. The van der Waals surface area contributed by atoms with Gasteiger partial charge >= 0.3 is 0 Å². The fraction of sp³-hybridized carbons (Fsp3) is 0.364. The maximum absolute atomic E-state index is 13.6. The Bertz CT molecular complexity index is 1040. The Labute approximate surface area is 181 Å². The van der Waals surface area contributed by atoms with Gasteiger partial charge in [-0.15, -0.1) is 12.4 Å². The van der Waals surface area contributed by atoms with Crippen LogP contribution in [0.5, 0.6) is 0 Å². The largest absolute Gasteiger partial charge is 0.377 e. The van der Waals surface area contributed by atoms with Crippen molar-refractivity contribution < 1.29 is 9.18 Å². The number of aromatic nitrogens is 2. The summed E-state index contributed by atoms with van der Waals surface area (Å²) in [7, 11) is 0. The minimum Gasteiger partial charge on any atom is -0.377 e. The lowest BCUT2D eigenvalue weighted by Crippen LogP contribution is -2.49. The number of aromatic amines is 1. The molecule has 3 aromatic rings. The number of carbonyl (C=O) groups is 1. The second kappa shape index (κ2) is 8.52. The molecule has 0 radical (unpaired) electrons. The Morgan fingerprint density at radius 2 is 1.90 bits per heavy atom. The summed E-state index contributed by atoms with van der Waals surface area (Å²) in [5.74, 6) is 0.490. The minimum atomic E-state index is -0.343. The number of halogens is 2. The van der Waals surface area contributed by atoms with E-state index in [1.54, 1.807) is 18.5 Å². The first-order valence-corrected chi connectivity index (χ1v) is 9.86. The van der Waals surface area contributed by atoms with Gasteiger partial charge in [-0.1, -0.05) is 0 Å². The van der Waals surface area contributed by atoms with E-state index in [0.29, 0.717) is 37.1 Å². The van der Waals surface area contributed by atoms with E-state index in [4.69, 9.17) is 0 Å². The molecular weight excluding hydrogens is 405 g/mol. The van der Waals surface area contributed by atoms with E-state index in [9.17, 15) is 9.18 Å². The Morgan fingerprint density at radius 1 is 1.17 bits per heavy atom. The molecular formula is C22H27ClFN5O. The van der Waals surface area contributed by atoms with Gasteiger partial charge < -0.3 is 20.1 Å². The number of amides is 1. The smallest absolute Gasteiger partial charge is 0.256 e. The summed E-state index contributed by atoms with van der Waals surface area (Å²) in [6.45, 7) is 8.91. The summed E-state index contributed by atoms with van der Waals surface area (Å²) in [6, 6.07) is 8.42. The molecule has 30 heavy (non-hydrogen) atoms. The molecule has 0 bridgehead atoms. The van der Waals surface area contributed by atoms with Crippen LogP contribution in [-0.4, -0.2) is 52.5 Å². The van der Waals surface area contributed by atoms with Crippen LogP contribution >= 0.6 is 12.4 Å². The molecule has 0 unspecified atom stereocenters. The number of nitrogens with zero attached hydrogens (tertiary/aromatic N) is 3. The van der Waals surface area contributed by atoms with Crippen molar-refractivity contribution in [3.8, 4) is 0 Å². The summed E-state index contributed by atoms with van der Waals surface area (Å²) in [6.07, 6.45) is 3.46. The van der Waals surface area contributed by atoms with Crippen molar-refractivity contribution >= 4 is 40.7 Å². The molecule has 4 rings (SSSR count). The van der Waals surface area contributed by atoms with Crippen LogP contribution in [0.1, 0.15) is 31.1 Å². The molecule has 0 spiro atoms. The van der Waals surface area contributed by atoms with E-state index < -0.39 is 0 Å². The van der Waals surface area contributed by atoms with Gasteiger partial charge in [0.05, 0.1) is 11.3 Å². The number of rotatable bonds is 3. The topological polar surface area (TPSA) is 64.3 Å². The average molecular weight is 432 g/mol. The lowest BCUT2D eigenvalue weighted by Gasteiger charge is -2.37. The molecule has 1 aliphatic rings. The van der Waals surface area contributed by atoms with Crippen molar-refractivity contribution in [3.05, 3.63) is 54.1 Å². The summed E-state index contributed by atoms with van der Waals surface area (Å²) in [5, 5.41) is 4.13. The number of anilines is 2. The van der Waals surface area contributed by atoms with Gasteiger partial charge in [-0.25, -0.2) is 9.37 Å². The molecule has 8 heteroatoms. The van der Waals surface area contributed by atoms with E-state index in [0.717, 1.165) is 17.0 Å². The number of piperazine rings is 1. The lowest BCUT2D eigenvalue weighted by atomic mass is 10.1. The first-order valence-electron chi connectivity index (χ1n) is 9.86. The van der Waals surface area contributed by atoms with Gasteiger partial charge in [0, 0.05) is 55.0 Å². The van der Waals surface area contributed by atoms with E-state index >= 15 is 0 Å². The number of hydrogen-bond acceptors (Lipinski definition) is 4. The molecule has 3 heterocycles. The first kappa shape index (κ1) is 21.9. The van der Waals surface area contributed by atoms with Gasteiger partial charge in [-0.2, -0.15) is 0 Å². The van der Waals surface area contributed by atoms with Gasteiger partial charge in [0.25, 0.3) is 5.91 Å². The monoisotopic (exact) mass is 431 g/mol. The Balaban J connectivity index is 0.00000256. The number of pyridine rings is 1. The molecule has 2 aromatic heterocycles. The van der Waals surface area contributed by atoms with Gasteiger partial charge in [-0.3, -0.25) is 4.79 Å². The summed E-state index contributed by atoms with van der Waals surface area (Å²) in [4.78, 5) is 24.7. The molecule has 1 fully saturated rings. The predicted molar refractivity (Wildman–Crippen MR) is 121 cm³/mol. The zero-order chi connectivity index (χ0) is 20.6. The number of nitrogens with one attached hydrogen (secondary N) is 2. The second-order valence-electron chi connectivity index (χ2n) is 8.42. The molecule has 2 N–H and O–H groups in total. The van der Waals surface area contributed by atoms with Gasteiger partial charge in [0.1, 0.15) is 5.82 Å². The van der Waals surface area contributed by atoms with Crippen molar-refractivity contribution in [2.24, 2.45) is 0 Å². The van der Waals surface area contributed by atoms with Crippen LogP contribution in [0.3, 0.4) is 0 Å². The van der Waals surface area contributed by atoms with Crippen LogP contribution in [0.4, 0.5) is 15.9 Å². The van der Waals surface area contributed by atoms with Crippen molar-refractivity contribution in [1.82, 2.24) is 14.9 Å². The van der Waals surface area contributed by atoms with E-state index in [1.807, 2.05) is 17.0 Å².